The molecule has 144 valence electrons. The molecule has 3 aliphatic rings. The molecular weight excluding hydrogens is 384 g/mol. The van der Waals surface area contributed by atoms with Crippen LogP contribution in [0.3, 0.4) is 0 Å². The zero-order valence-corrected chi connectivity index (χ0v) is 15.6. The number of fused-ring (bicyclic) bond motifs is 6. The van der Waals surface area contributed by atoms with Crippen LogP contribution in [0.15, 0.2) is 12.1 Å². The number of hydrogen-bond donors (Lipinski definition) is 2. The van der Waals surface area contributed by atoms with Crippen LogP contribution in [0.25, 0.3) is 11.0 Å². The van der Waals surface area contributed by atoms with Gasteiger partial charge in [-0.15, -0.1) is 0 Å². The molecule has 0 radical (unpaired) electrons. The molecule has 0 aliphatic carbocycles. The largest absolute Gasteiger partial charge is 0.396 e. The fourth-order valence-corrected chi connectivity index (χ4v) is 5.74. The number of aromatic nitrogens is 2. The molecule has 2 aromatic rings. The third kappa shape index (κ3) is 1.89. The van der Waals surface area contributed by atoms with Gasteiger partial charge in [-0.05, 0) is 19.1 Å². The Morgan fingerprint density at radius 2 is 2.04 bits per heavy atom. The average molecular weight is 400 g/mol. The summed E-state index contributed by atoms with van der Waals surface area (Å²) in [7, 11) is 0. The van der Waals surface area contributed by atoms with Crippen LogP contribution in [-0.2, 0) is 14.3 Å². The van der Waals surface area contributed by atoms with Gasteiger partial charge in [0.1, 0.15) is 22.7 Å². The molecule has 1 unspecified atom stereocenters. The van der Waals surface area contributed by atoms with Crippen molar-refractivity contribution in [2.45, 2.75) is 37.1 Å². The zero-order chi connectivity index (χ0) is 19.8. The highest BCUT2D eigenvalue weighted by molar-refractivity contribution is 7.00. The smallest absolute Gasteiger partial charge is 0.240 e. The molecule has 4 heterocycles. The molecule has 28 heavy (non-hydrogen) atoms. The first-order chi connectivity index (χ1) is 13.4. The maximum atomic E-state index is 13.4. The number of ether oxygens (including phenoxy) is 1. The molecular formula is C18H16N4O5S. The summed E-state index contributed by atoms with van der Waals surface area (Å²) in [5.74, 6) is -2.52. The van der Waals surface area contributed by atoms with Crippen molar-refractivity contribution in [2.24, 2.45) is 11.8 Å². The van der Waals surface area contributed by atoms with Gasteiger partial charge < -0.3 is 14.9 Å². The number of anilines is 1. The summed E-state index contributed by atoms with van der Waals surface area (Å²) in [6.45, 7) is 1.43. The fraction of sp³-hybridized carbons (Fsp3) is 0.500. The van der Waals surface area contributed by atoms with E-state index < -0.39 is 41.0 Å². The number of imide groups is 1. The third-order valence-corrected chi connectivity index (χ3v) is 6.93. The number of aliphatic hydroxyl groups is 2. The van der Waals surface area contributed by atoms with Crippen LogP contribution in [0, 0.1) is 23.2 Å². The van der Waals surface area contributed by atoms with Crippen LogP contribution in [0.5, 0.6) is 0 Å². The number of hydrogen-bond acceptors (Lipinski definition) is 9. The zero-order valence-electron chi connectivity index (χ0n) is 14.8. The quantitative estimate of drug-likeness (QED) is 0.704. The van der Waals surface area contributed by atoms with Gasteiger partial charge in [0.05, 0.1) is 46.5 Å². The Labute approximate surface area is 163 Å². The lowest BCUT2D eigenvalue weighted by Gasteiger charge is -2.33. The second kappa shape index (κ2) is 5.55. The number of rotatable bonds is 3. The van der Waals surface area contributed by atoms with Crippen molar-refractivity contribution in [1.82, 2.24) is 8.75 Å². The van der Waals surface area contributed by atoms with E-state index in [0.717, 1.165) is 16.6 Å². The molecule has 10 heteroatoms. The Morgan fingerprint density at radius 1 is 1.32 bits per heavy atom. The highest BCUT2D eigenvalue weighted by Crippen LogP contribution is 2.62. The predicted molar refractivity (Wildman–Crippen MR) is 96.2 cm³/mol. The summed E-state index contributed by atoms with van der Waals surface area (Å²) in [5, 5.41) is 29.3. The van der Waals surface area contributed by atoms with Crippen LogP contribution >= 0.6 is 11.7 Å². The van der Waals surface area contributed by atoms with E-state index in [-0.39, 0.29) is 25.1 Å². The predicted octanol–water partition coefficient (Wildman–Crippen LogP) is 0.343. The molecule has 9 nitrogen and oxygen atoms in total. The fourth-order valence-electron chi connectivity index (χ4n) is 5.18. The van der Waals surface area contributed by atoms with E-state index in [0.29, 0.717) is 16.6 Å². The van der Waals surface area contributed by atoms with Gasteiger partial charge in [0.2, 0.25) is 11.8 Å². The van der Waals surface area contributed by atoms with Crippen molar-refractivity contribution < 1.29 is 24.5 Å². The number of carbonyl (C=O) groups is 2. The van der Waals surface area contributed by atoms with E-state index in [1.807, 2.05) is 6.07 Å². The van der Waals surface area contributed by atoms with Gasteiger partial charge >= 0.3 is 0 Å². The number of nitrogens with zero attached hydrogens (tertiary/aromatic N) is 4. The van der Waals surface area contributed by atoms with Crippen molar-refractivity contribution in [2.75, 3.05) is 11.5 Å². The monoisotopic (exact) mass is 400 g/mol. The van der Waals surface area contributed by atoms with E-state index in [9.17, 15) is 25.1 Å². The molecule has 3 fully saturated rings. The molecule has 1 aromatic heterocycles. The Kier molecular flexibility index (Phi) is 3.49. The van der Waals surface area contributed by atoms with Gasteiger partial charge in [0.15, 0.2) is 0 Å². The lowest BCUT2D eigenvalue weighted by molar-refractivity contribution is -0.134. The molecule has 5 atom stereocenters. The van der Waals surface area contributed by atoms with Crippen molar-refractivity contribution >= 4 is 40.3 Å². The lowest BCUT2D eigenvalue weighted by atomic mass is 9.66. The first-order valence-corrected chi connectivity index (χ1v) is 9.63. The summed E-state index contributed by atoms with van der Waals surface area (Å²) in [4.78, 5) is 27.8. The molecule has 0 saturated carbocycles. The summed E-state index contributed by atoms with van der Waals surface area (Å²) < 4.78 is 14.4. The minimum atomic E-state index is -1.19. The Balaban J connectivity index is 1.66. The molecule has 3 saturated heterocycles. The molecule has 5 rings (SSSR count). The Morgan fingerprint density at radius 3 is 2.75 bits per heavy atom. The van der Waals surface area contributed by atoms with E-state index in [2.05, 4.69) is 8.75 Å². The highest BCUT2D eigenvalue weighted by atomic mass is 32.1. The average Bonchev–Trinajstić information content (AvgIpc) is 3.35. The lowest BCUT2D eigenvalue weighted by Crippen LogP contribution is -2.49. The summed E-state index contributed by atoms with van der Waals surface area (Å²) in [6, 6.07) is 5.07. The normalized spacial score (nSPS) is 36.4. The van der Waals surface area contributed by atoms with Crippen LogP contribution < -0.4 is 4.90 Å². The van der Waals surface area contributed by atoms with Gasteiger partial charge in [0.25, 0.3) is 0 Å². The van der Waals surface area contributed by atoms with E-state index >= 15 is 0 Å². The van der Waals surface area contributed by atoms with Crippen LogP contribution in [0.4, 0.5) is 5.69 Å². The first kappa shape index (κ1) is 17.6. The van der Waals surface area contributed by atoms with Crippen LogP contribution in [0.1, 0.15) is 25.3 Å². The Hall–Kier alpha value is -2.45. The van der Waals surface area contributed by atoms with Crippen LogP contribution in [0.2, 0.25) is 0 Å². The molecule has 1 aromatic carbocycles. The summed E-state index contributed by atoms with van der Waals surface area (Å²) >= 11 is 0.901. The van der Waals surface area contributed by atoms with Gasteiger partial charge in [0, 0.05) is 19.4 Å². The van der Waals surface area contributed by atoms with Crippen LogP contribution in [-0.4, -0.2) is 54.7 Å². The number of amides is 2. The maximum Gasteiger partial charge on any atom is 0.240 e. The van der Waals surface area contributed by atoms with Crippen molar-refractivity contribution in [3.8, 4) is 6.07 Å². The molecule has 2 N–H and O–H groups in total. The van der Waals surface area contributed by atoms with Gasteiger partial charge in [-0.1, -0.05) is 0 Å². The standard InChI is InChI=1S/C18H16N4O5S/c1-17-10(24)6-18(27-17,4-5-23)12-11(17)15(25)22(16(12)26)9-3-2-8(7-19)13-14(9)21-28-20-13/h2-3,10-12,23-24H,4-6H2,1H3/t10-,11-,12?,17-,18-/m0/s1. The van der Waals surface area contributed by atoms with E-state index in [1.54, 1.807) is 6.92 Å². The van der Waals surface area contributed by atoms with Crippen molar-refractivity contribution in [3.05, 3.63) is 17.7 Å². The minimum absolute atomic E-state index is 0.161. The Bertz CT molecular complexity index is 1080. The molecule has 2 amide bonds. The minimum Gasteiger partial charge on any atom is -0.396 e. The maximum absolute atomic E-state index is 13.4. The SMILES string of the molecule is C[C@]12O[C@@](CCO)(C[C@@H]1O)C1C(=O)N(c3ccc(C#N)c4nsnc34)C(=O)[C@H]12. The second-order valence-electron chi connectivity index (χ2n) is 7.72. The van der Waals surface area contributed by atoms with E-state index in [4.69, 9.17) is 4.74 Å². The third-order valence-electron chi connectivity index (χ3n) is 6.40. The topological polar surface area (TPSA) is 137 Å². The second-order valence-corrected chi connectivity index (χ2v) is 8.25. The van der Waals surface area contributed by atoms with Crippen molar-refractivity contribution in [3.63, 3.8) is 0 Å². The summed E-state index contributed by atoms with van der Waals surface area (Å²) in [6.07, 6.45) is -0.549. The molecule has 0 spiro atoms. The highest BCUT2D eigenvalue weighted by Gasteiger charge is 2.76. The van der Waals surface area contributed by atoms with Gasteiger partial charge in [-0.3, -0.25) is 9.59 Å². The first-order valence-electron chi connectivity index (χ1n) is 8.90. The number of aliphatic hydroxyl groups excluding tert-OH is 2. The number of benzene rings is 1. The van der Waals surface area contributed by atoms with Gasteiger partial charge in [-0.2, -0.15) is 14.0 Å². The number of carbonyl (C=O) groups excluding carboxylic acids is 2. The summed E-state index contributed by atoms with van der Waals surface area (Å²) in [5.41, 5.74) is -0.994. The number of nitriles is 1. The molecule has 3 aliphatic heterocycles. The van der Waals surface area contributed by atoms with E-state index in [1.165, 1.54) is 12.1 Å². The molecule has 2 bridgehead atoms. The van der Waals surface area contributed by atoms with Crippen molar-refractivity contribution in [1.29, 1.82) is 5.26 Å². The van der Waals surface area contributed by atoms with Gasteiger partial charge in [-0.25, -0.2) is 4.90 Å².